The summed E-state index contributed by atoms with van der Waals surface area (Å²) in [6.07, 6.45) is 0.841. The van der Waals surface area contributed by atoms with E-state index >= 15 is 0 Å². The van der Waals surface area contributed by atoms with Crippen LogP contribution in [-0.4, -0.2) is 35.7 Å². The molecule has 0 fully saturated rings. The molecule has 1 unspecified atom stereocenters. The number of amides is 2. The normalized spacial score (nSPS) is 12.7. The summed E-state index contributed by atoms with van der Waals surface area (Å²) in [7, 11) is 0. The fourth-order valence-corrected chi connectivity index (χ4v) is 4.48. The smallest absolute Gasteiger partial charge is 0.411 e. The van der Waals surface area contributed by atoms with Gasteiger partial charge in [-0.2, -0.15) is 0 Å². The Morgan fingerprint density at radius 1 is 1.03 bits per heavy atom. The highest BCUT2D eigenvalue weighted by molar-refractivity contribution is 9.10. The molecule has 1 aliphatic rings. The summed E-state index contributed by atoms with van der Waals surface area (Å²) in [5, 5.41) is 14.3. The third-order valence-electron chi connectivity index (χ3n) is 5.81. The van der Waals surface area contributed by atoms with Crippen molar-refractivity contribution in [3.63, 3.8) is 0 Å². The molecule has 178 valence electrons. The maximum atomic E-state index is 12.6. The number of aliphatic carboxylic acids is 1. The van der Waals surface area contributed by atoms with Crippen molar-refractivity contribution < 1.29 is 24.2 Å². The molecule has 8 heteroatoms. The molecular weight excluding hydrogens is 512 g/mol. The van der Waals surface area contributed by atoms with E-state index in [1.165, 1.54) is 18.2 Å². The minimum atomic E-state index is -1.16. The van der Waals surface area contributed by atoms with Gasteiger partial charge in [-0.3, -0.25) is 10.1 Å². The van der Waals surface area contributed by atoms with E-state index in [-0.39, 0.29) is 24.5 Å². The van der Waals surface area contributed by atoms with E-state index in [2.05, 4.69) is 45.3 Å². The SMILES string of the molecule is C=CCC(NC(=O)c1ccc(Br)c(NC(=O)OCC2c3ccccc3-c3ccccc32)c1)C(=O)O. The number of fused-ring (bicyclic) bond motifs is 3. The zero-order valence-corrected chi connectivity index (χ0v) is 20.2. The van der Waals surface area contributed by atoms with Crippen LogP contribution in [0.1, 0.15) is 33.8 Å². The predicted octanol–water partition coefficient (Wildman–Crippen LogP) is 5.57. The molecule has 35 heavy (non-hydrogen) atoms. The second-order valence-electron chi connectivity index (χ2n) is 8.03. The number of ether oxygens (including phenoxy) is 1. The average Bonchev–Trinajstić information content (AvgIpc) is 3.17. The first kappa shape index (κ1) is 24.2. The molecule has 3 aromatic rings. The molecule has 1 atom stereocenters. The quantitative estimate of drug-likeness (QED) is 0.327. The number of carboxylic acids is 1. The summed E-state index contributed by atoms with van der Waals surface area (Å²) in [5.74, 6) is -1.82. The lowest BCUT2D eigenvalue weighted by Crippen LogP contribution is -2.40. The molecule has 0 saturated carbocycles. The largest absolute Gasteiger partial charge is 0.480 e. The fraction of sp³-hybridized carbons (Fsp3) is 0.148. The van der Waals surface area contributed by atoms with Crippen LogP contribution >= 0.6 is 15.9 Å². The maximum absolute atomic E-state index is 12.6. The number of halogens is 1. The first-order chi connectivity index (χ1) is 16.9. The molecule has 1 aliphatic carbocycles. The summed E-state index contributed by atoms with van der Waals surface area (Å²) in [4.78, 5) is 36.5. The Hall–Kier alpha value is -3.91. The van der Waals surface area contributed by atoms with E-state index in [1.54, 1.807) is 6.07 Å². The second kappa shape index (κ2) is 10.6. The van der Waals surface area contributed by atoms with Gasteiger partial charge < -0.3 is 15.2 Å². The van der Waals surface area contributed by atoms with Gasteiger partial charge in [-0.25, -0.2) is 9.59 Å². The molecule has 2 amide bonds. The van der Waals surface area contributed by atoms with Gasteiger partial charge in [0.15, 0.2) is 0 Å². The molecule has 0 saturated heterocycles. The third kappa shape index (κ3) is 5.27. The fourth-order valence-electron chi connectivity index (χ4n) is 4.14. The van der Waals surface area contributed by atoms with Gasteiger partial charge in [0.25, 0.3) is 5.91 Å². The molecule has 0 radical (unpaired) electrons. The average molecular weight is 535 g/mol. The predicted molar refractivity (Wildman–Crippen MR) is 137 cm³/mol. The van der Waals surface area contributed by atoms with Crippen molar-refractivity contribution in [2.75, 3.05) is 11.9 Å². The van der Waals surface area contributed by atoms with E-state index in [1.807, 2.05) is 36.4 Å². The Morgan fingerprint density at radius 2 is 1.66 bits per heavy atom. The minimum absolute atomic E-state index is 0.0773. The molecule has 3 N–H and O–H groups in total. The topological polar surface area (TPSA) is 105 Å². The van der Waals surface area contributed by atoms with Crippen molar-refractivity contribution in [1.82, 2.24) is 5.32 Å². The summed E-state index contributed by atoms with van der Waals surface area (Å²) in [6, 6.07) is 19.6. The molecule has 7 nitrogen and oxygen atoms in total. The lowest BCUT2D eigenvalue weighted by Gasteiger charge is -2.16. The van der Waals surface area contributed by atoms with Crippen molar-refractivity contribution in [3.8, 4) is 11.1 Å². The Labute approximate surface area is 210 Å². The Balaban J connectivity index is 1.44. The number of carbonyl (C=O) groups excluding carboxylic acids is 2. The van der Waals surface area contributed by atoms with Crippen molar-refractivity contribution in [2.24, 2.45) is 0 Å². The van der Waals surface area contributed by atoms with Gasteiger partial charge in [0.05, 0.1) is 5.69 Å². The molecule has 0 spiro atoms. The first-order valence-electron chi connectivity index (χ1n) is 10.9. The number of rotatable bonds is 8. The van der Waals surface area contributed by atoms with Crippen LogP contribution < -0.4 is 10.6 Å². The summed E-state index contributed by atoms with van der Waals surface area (Å²) in [6.45, 7) is 3.66. The number of carboxylic acid groups (broad SMARTS) is 1. The number of hydrogen-bond donors (Lipinski definition) is 3. The Kier molecular flexibility index (Phi) is 7.31. The van der Waals surface area contributed by atoms with Crippen LogP contribution in [0.3, 0.4) is 0 Å². The molecule has 0 aliphatic heterocycles. The highest BCUT2D eigenvalue weighted by Gasteiger charge is 2.29. The Bertz CT molecular complexity index is 1260. The lowest BCUT2D eigenvalue weighted by atomic mass is 9.98. The van der Waals surface area contributed by atoms with Gasteiger partial charge in [-0.1, -0.05) is 54.6 Å². The standard InChI is InChI=1S/C27H23BrN2O5/c1-2-7-23(26(32)33)29-25(31)16-12-13-22(28)24(14-16)30-27(34)35-15-21-19-10-5-3-8-17(19)18-9-4-6-11-20(18)21/h2-6,8-14,21,23H,1,7,15H2,(H,29,31)(H,30,34)(H,32,33). The monoisotopic (exact) mass is 534 g/mol. The van der Waals surface area contributed by atoms with Crippen LogP contribution in [-0.2, 0) is 9.53 Å². The van der Waals surface area contributed by atoms with Crippen LogP contribution in [0, 0.1) is 0 Å². The number of nitrogens with one attached hydrogen (secondary N) is 2. The van der Waals surface area contributed by atoms with Crippen LogP contribution in [0.15, 0.2) is 83.9 Å². The molecule has 3 aromatic carbocycles. The summed E-state index contributed by atoms with van der Waals surface area (Å²) >= 11 is 3.36. The minimum Gasteiger partial charge on any atom is -0.480 e. The van der Waals surface area contributed by atoms with Gasteiger partial charge >= 0.3 is 12.1 Å². The van der Waals surface area contributed by atoms with Crippen molar-refractivity contribution in [1.29, 1.82) is 0 Å². The summed E-state index contributed by atoms with van der Waals surface area (Å²) < 4.78 is 6.11. The molecule has 4 rings (SSSR count). The molecular formula is C27H23BrN2O5. The van der Waals surface area contributed by atoms with E-state index in [4.69, 9.17) is 4.74 Å². The van der Waals surface area contributed by atoms with Gasteiger partial charge in [0, 0.05) is 16.0 Å². The zero-order chi connectivity index (χ0) is 24.9. The van der Waals surface area contributed by atoms with E-state index < -0.39 is 24.0 Å². The van der Waals surface area contributed by atoms with Gasteiger partial charge in [0.1, 0.15) is 12.6 Å². The second-order valence-corrected chi connectivity index (χ2v) is 8.89. The van der Waals surface area contributed by atoms with Crippen LogP contribution in [0.25, 0.3) is 11.1 Å². The van der Waals surface area contributed by atoms with Crippen LogP contribution in [0.5, 0.6) is 0 Å². The van der Waals surface area contributed by atoms with Crippen LogP contribution in [0.4, 0.5) is 10.5 Å². The summed E-state index contributed by atoms with van der Waals surface area (Å²) in [5.41, 5.74) is 5.00. The zero-order valence-electron chi connectivity index (χ0n) is 18.7. The number of benzene rings is 3. The van der Waals surface area contributed by atoms with Crippen molar-refractivity contribution in [2.45, 2.75) is 18.4 Å². The maximum Gasteiger partial charge on any atom is 0.411 e. The Morgan fingerprint density at radius 3 is 2.26 bits per heavy atom. The van der Waals surface area contributed by atoms with Crippen molar-refractivity contribution >= 4 is 39.6 Å². The van der Waals surface area contributed by atoms with Gasteiger partial charge in [-0.15, -0.1) is 6.58 Å². The van der Waals surface area contributed by atoms with E-state index in [9.17, 15) is 19.5 Å². The molecule has 0 heterocycles. The third-order valence-corrected chi connectivity index (χ3v) is 6.51. The highest BCUT2D eigenvalue weighted by atomic mass is 79.9. The molecule has 0 aromatic heterocycles. The number of hydrogen-bond acceptors (Lipinski definition) is 4. The highest BCUT2D eigenvalue weighted by Crippen LogP contribution is 2.44. The van der Waals surface area contributed by atoms with Gasteiger partial charge in [-0.05, 0) is 62.8 Å². The van der Waals surface area contributed by atoms with E-state index in [0.29, 0.717) is 10.2 Å². The lowest BCUT2D eigenvalue weighted by molar-refractivity contribution is -0.139. The number of anilines is 1. The van der Waals surface area contributed by atoms with E-state index in [0.717, 1.165) is 22.3 Å². The van der Waals surface area contributed by atoms with Crippen LogP contribution in [0.2, 0.25) is 0 Å². The number of carbonyl (C=O) groups is 3. The van der Waals surface area contributed by atoms with Crippen molar-refractivity contribution in [3.05, 3.63) is 101 Å². The molecule has 0 bridgehead atoms. The first-order valence-corrected chi connectivity index (χ1v) is 11.7. The van der Waals surface area contributed by atoms with Gasteiger partial charge in [0.2, 0.25) is 0 Å².